The molecule has 2 unspecified atom stereocenters. The highest BCUT2D eigenvalue weighted by Gasteiger charge is 2.65. The van der Waals surface area contributed by atoms with Crippen LogP contribution >= 0.6 is 0 Å². The first-order chi connectivity index (χ1) is 12.1. The Hall–Kier alpha value is -1.79. The van der Waals surface area contributed by atoms with E-state index < -0.39 is 35.4 Å². The van der Waals surface area contributed by atoms with E-state index >= 15 is 0 Å². The molecule has 5 atom stereocenters. The third-order valence-electron chi connectivity index (χ3n) is 6.43. The monoisotopic (exact) mass is 344 g/mol. The third kappa shape index (κ3) is 1.95. The van der Waals surface area contributed by atoms with Crippen LogP contribution in [0.4, 0.5) is 0 Å². The molecule has 1 saturated carbocycles. The molecule has 1 spiro atoms. The minimum Gasteiger partial charge on any atom is -0.466 e. The summed E-state index contributed by atoms with van der Waals surface area (Å²) in [4.78, 5) is 37.0. The minimum atomic E-state index is -1.33. The van der Waals surface area contributed by atoms with Crippen molar-refractivity contribution in [3.05, 3.63) is 24.0 Å². The van der Waals surface area contributed by atoms with Gasteiger partial charge in [-0.25, -0.2) is 0 Å². The van der Waals surface area contributed by atoms with Crippen LogP contribution in [0.25, 0.3) is 0 Å². The van der Waals surface area contributed by atoms with Crippen LogP contribution in [0.2, 0.25) is 0 Å². The zero-order valence-corrected chi connectivity index (χ0v) is 13.8. The fourth-order valence-electron chi connectivity index (χ4n) is 5.18. The second-order valence-electron chi connectivity index (χ2n) is 7.73. The third-order valence-corrected chi connectivity index (χ3v) is 6.43. The van der Waals surface area contributed by atoms with E-state index in [2.05, 4.69) is 0 Å². The van der Waals surface area contributed by atoms with Gasteiger partial charge < -0.3 is 19.0 Å². The Kier molecular flexibility index (Phi) is 3.16. The molecule has 3 aliphatic carbocycles. The smallest absolute Gasteiger partial charge is 0.229 e. The topological polar surface area (TPSA) is 78.9 Å². The number of fused-ring (bicyclic) bond motifs is 5. The van der Waals surface area contributed by atoms with Crippen molar-refractivity contribution in [1.82, 2.24) is 0 Å². The highest BCUT2D eigenvalue weighted by Crippen LogP contribution is 2.56. The molecule has 0 amide bonds. The molecule has 6 heteroatoms. The van der Waals surface area contributed by atoms with Gasteiger partial charge in [0.25, 0.3) is 0 Å². The van der Waals surface area contributed by atoms with Crippen LogP contribution in [0, 0.1) is 17.3 Å². The number of aldehydes is 1. The summed E-state index contributed by atoms with van der Waals surface area (Å²) in [5.41, 5.74) is -1.33. The average molecular weight is 344 g/mol. The Bertz CT molecular complexity index is 715. The minimum absolute atomic E-state index is 0.187. The van der Waals surface area contributed by atoms with Gasteiger partial charge in [-0.15, -0.1) is 0 Å². The molecule has 2 saturated heterocycles. The van der Waals surface area contributed by atoms with Crippen LogP contribution < -0.4 is 0 Å². The van der Waals surface area contributed by atoms with Crippen molar-refractivity contribution >= 4 is 17.9 Å². The molecule has 3 fully saturated rings. The number of carbonyl (C=O) groups excluding carboxylic acids is 3. The first-order valence-electron chi connectivity index (χ1n) is 9.04. The molecule has 0 bridgehead atoms. The highest BCUT2D eigenvalue weighted by molar-refractivity contribution is 6.16. The lowest BCUT2D eigenvalue weighted by Gasteiger charge is -2.42. The molecule has 5 aliphatic rings. The summed E-state index contributed by atoms with van der Waals surface area (Å²) in [6, 6.07) is 0. The van der Waals surface area contributed by atoms with Gasteiger partial charge in [0, 0.05) is 12.8 Å². The number of allylic oxidation sites excluding steroid dienone is 3. The van der Waals surface area contributed by atoms with Gasteiger partial charge in [-0.05, 0) is 37.5 Å². The van der Waals surface area contributed by atoms with Gasteiger partial charge in [0.2, 0.25) is 6.29 Å². The Morgan fingerprint density at radius 3 is 2.64 bits per heavy atom. The van der Waals surface area contributed by atoms with Crippen molar-refractivity contribution in [3.8, 4) is 0 Å². The zero-order chi connectivity index (χ0) is 17.2. The fraction of sp³-hybridized carbons (Fsp3) is 0.632. The molecule has 0 radical (unpaired) electrons. The van der Waals surface area contributed by atoms with Crippen molar-refractivity contribution < 1.29 is 28.6 Å². The number of carbonyl (C=O) groups is 3. The molecule has 0 aromatic carbocycles. The molecule has 0 aromatic heterocycles. The maximum Gasteiger partial charge on any atom is 0.229 e. The quantitative estimate of drug-likeness (QED) is 0.533. The first-order valence-corrected chi connectivity index (χ1v) is 9.04. The van der Waals surface area contributed by atoms with Crippen LogP contribution in [-0.2, 0) is 28.6 Å². The molecule has 0 N–H and O–H groups in total. The molecule has 25 heavy (non-hydrogen) atoms. The molecule has 2 heterocycles. The van der Waals surface area contributed by atoms with E-state index in [1.807, 2.05) is 0 Å². The van der Waals surface area contributed by atoms with E-state index in [1.54, 1.807) is 6.08 Å². The van der Waals surface area contributed by atoms with Gasteiger partial charge in [0.15, 0.2) is 17.4 Å². The van der Waals surface area contributed by atoms with Crippen LogP contribution in [0.1, 0.15) is 38.5 Å². The summed E-state index contributed by atoms with van der Waals surface area (Å²) in [7, 11) is 0. The SMILES string of the molecule is O=C[C@]12CC=C3OC4OC5(CCCCC5)OC4[C@H]3[C@H]1C(=O)C=CC2=O. The lowest BCUT2D eigenvalue weighted by Crippen LogP contribution is -2.53. The molecular formula is C19H20O6. The first kappa shape index (κ1) is 15.5. The van der Waals surface area contributed by atoms with Crippen LogP contribution in [0.5, 0.6) is 0 Å². The van der Waals surface area contributed by atoms with E-state index in [0.717, 1.165) is 32.1 Å². The van der Waals surface area contributed by atoms with E-state index in [4.69, 9.17) is 14.2 Å². The molecule has 0 aromatic rings. The Morgan fingerprint density at radius 1 is 1.08 bits per heavy atom. The van der Waals surface area contributed by atoms with Crippen molar-refractivity contribution in [1.29, 1.82) is 0 Å². The van der Waals surface area contributed by atoms with Crippen molar-refractivity contribution in [3.63, 3.8) is 0 Å². The standard InChI is InChI=1S/C19H20O6/c20-10-18-9-6-12-14(15(18)11(21)4-5-13(18)22)16-17(23-12)25-19(24-16)7-2-1-3-8-19/h4-6,10,14-17H,1-3,7-9H2/t14-,15-,16?,17?,18+/m1/s1. The average Bonchev–Trinajstić information content (AvgIpc) is 3.12. The molecule has 5 rings (SSSR count). The van der Waals surface area contributed by atoms with E-state index in [0.29, 0.717) is 12.0 Å². The number of ether oxygens (including phenoxy) is 3. The largest absolute Gasteiger partial charge is 0.466 e. The Labute approximate surface area is 145 Å². The number of hydrogen-bond donors (Lipinski definition) is 0. The molecule has 2 aliphatic heterocycles. The lowest BCUT2D eigenvalue weighted by atomic mass is 9.58. The molecule has 6 nitrogen and oxygen atoms in total. The summed E-state index contributed by atoms with van der Waals surface area (Å²) in [5, 5.41) is 0. The summed E-state index contributed by atoms with van der Waals surface area (Å²) >= 11 is 0. The normalized spacial score (nSPS) is 43.9. The summed E-state index contributed by atoms with van der Waals surface area (Å²) in [5.74, 6) is -1.74. The van der Waals surface area contributed by atoms with Gasteiger partial charge in [-0.2, -0.15) is 0 Å². The van der Waals surface area contributed by atoms with E-state index in [1.165, 1.54) is 12.2 Å². The fourth-order valence-corrected chi connectivity index (χ4v) is 5.18. The predicted molar refractivity (Wildman–Crippen MR) is 84.0 cm³/mol. The van der Waals surface area contributed by atoms with Crippen molar-refractivity contribution in [2.45, 2.75) is 56.7 Å². The van der Waals surface area contributed by atoms with E-state index in [9.17, 15) is 14.4 Å². The Balaban J connectivity index is 1.53. The van der Waals surface area contributed by atoms with Gasteiger partial charge >= 0.3 is 0 Å². The van der Waals surface area contributed by atoms with Crippen LogP contribution in [0.15, 0.2) is 24.0 Å². The number of hydrogen-bond acceptors (Lipinski definition) is 6. The van der Waals surface area contributed by atoms with Crippen LogP contribution in [0.3, 0.4) is 0 Å². The summed E-state index contributed by atoms with van der Waals surface area (Å²) < 4.78 is 18.4. The zero-order valence-electron chi connectivity index (χ0n) is 13.8. The van der Waals surface area contributed by atoms with Gasteiger partial charge in [-0.1, -0.05) is 6.42 Å². The molecular weight excluding hydrogens is 324 g/mol. The summed E-state index contributed by atoms with van der Waals surface area (Å²) in [6.45, 7) is 0. The van der Waals surface area contributed by atoms with Gasteiger partial charge in [0.1, 0.15) is 23.6 Å². The van der Waals surface area contributed by atoms with Crippen molar-refractivity contribution in [2.24, 2.45) is 17.3 Å². The Morgan fingerprint density at radius 2 is 1.88 bits per heavy atom. The van der Waals surface area contributed by atoms with E-state index in [-0.39, 0.29) is 18.0 Å². The second-order valence-corrected chi connectivity index (χ2v) is 7.73. The predicted octanol–water partition coefficient (Wildman–Crippen LogP) is 1.83. The highest BCUT2D eigenvalue weighted by atomic mass is 16.8. The maximum absolute atomic E-state index is 12.7. The second kappa shape index (κ2) is 5.11. The lowest BCUT2D eigenvalue weighted by molar-refractivity contribution is -0.227. The maximum atomic E-state index is 12.7. The van der Waals surface area contributed by atoms with Crippen LogP contribution in [-0.4, -0.2) is 36.0 Å². The summed E-state index contributed by atoms with van der Waals surface area (Å²) in [6.07, 6.45) is 8.96. The number of ketones is 2. The number of rotatable bonds is 1. The molecule has 132 valence electrons. The van der Waals surface area contributed by atoms with Gasteiger partial charge in [0.05, 0.1) is 11.8 Å². The van der Waals surface area contributed by atoms with Gasteiger partial charge in [-0.3, -0.25) is 9.59 Å². The van der Waals surface area contributed by atoms with Crippen molar-refractivity contribution in [2.75, 3.05) is 0 Å².